The first-order chi connectivity index (χ1) is 12.4. The second-order valence-electron chi connectivity index (χ2n) is 11.5. The van der Waals surface area contributed by atoms with Gasteiger partial charge in [-0.2, -0.15) is 0 Å². The molecular formula is C24H36O2. The minimum atomic E-state index is 0.232. The first-order valence-corrected chi connectivity index (χ1v) is 11.4. The van der Waals surface area contributed by atoms with E-state index >= 15 is 0 Å². The number of fused-ring (bicyclic) bond motifs is 7. The van der Waals surface area contributed by atoms with Crippen molar-refractivity contribution in [3.8, 4) is 0 Å². The van der Waals surface area contributed by atoms with E-state index in [1.807, 2.05) is 0 Å². The lowest BCUT2D eigenvalue weighted by atomic mass is 9.61. The summed E-state index contributed by atoms with van der Waals surface area (Å²) in [6.07, 6.45) is 10.6. The lowest BCUT2D eigenvalue weighted by Crippen LogP contribution is -2.42. The Morgan fingerprint density at radius 3 is 2.31 bits per heavy atom. The summed E-state index contributed by atoms with van der Waals surface area (Å²) in [6, 6.07) is 0. The van der Waals surface area contributed by atoms with E-state index in [0.717, 1.165) is 24.7 Å². The number of carbonyl (C=O) groups excluding carboxylic acids is 2. The smallest absolute Gasteiger partial charge is 0.139 e. The third-order valence-electron chi connectivity index (χ3n) is 9.56. The molecule has 0 radical (unpaired) electrons. The molecule has 5 aliphatic carbocycles. The molecule has 9 unspecified atom stereocenters. The highest BCUT2D eigenvalue weighted by atomic mass is 16.1. The summed E-state index contributed by atoms with van der Waals surface area (Å²) in [4.78, 5) is 26.6. The number of hydrogen-bond donors (Lipinski definition) is 0. The lowest BCUT2D eigenvalue weighted by Gasteiger charge is -2.42. The molecule has 0 spiro atoms. The number of ketones is 2. The second kappa shape index (κ2) is 5.92. The molecule has 5 saturated carbocycles. The molecule has 0 aromatic rings. The minimum Gasteiger partial charge on any atom is -0.299 e. The van der Waals surface area contributed by atoms with Gasteiger partial charge in [-0.05, 0) is 79.4 Å². The Balaban J connectivity index is 1.44. The maximum atomic E-state index is 13.3. The van der Waals surface area contributed by atoms with Crippen molar-refractivity contribution in [3.05, 3.63) is 0 Å². The molecule has 0 aromatic heterocycles. The lowest BCUT2D eigenvalue weighted by molar-refractivity contribution is -0.136. The van der Waals surface area contributed by atoms with E-state index in [1.54, 1.807) is 0 Å². The first-order valence-electron chi connectivity index (χ1n) is 11.4. The maximum absolute atomic E-state index is 13.3. The van der Waals surface area contributed by atoms with Gasteiger partial charge in [0.1, 0.15) is 11.6 Å². The van der Waals surface area contributed by atoms with Gasteiger partial charge < -0.3 is 0 Å². The van der Waals surface area contributed by atoms with Crippen LogP contribution in [-0.4, -0.2) is 11.6 Å². The van der Waals surface area contributed by atoms with Gasteiger partial charge in [-0.25, -0.2) is 0 Å². The van der Waals surface area contributed by atoms with Crippen molar-refractivity contribution >= 4 is 11.6 Å². The maximum Gasteiger partial charge on any atom is 0.139 e. The van der Waals surface area contributed by atoms with Crippen molar-refractivity contribution in [3.63, 3.8) is 0 Å². The summed E-state index contributed by atoms with van der Waals surface area (Å²) in [7, 11) is 0. The highest BCUT2D eigenvalue weighted by Crippen LogP contribution is 2.63. The number of Topliss-reactive ketones (excluding diaryl/α,β-unsaturated/α-hetero) is 2. The average molecular weight is 357 g/mol. The summed E-state index contributed by atoms with van der Waals surface area (Å²) in [5, 5.41) is 0. The Kier molecular flexibility index (Phi) is 3.97. The molecule has 5 aliphatic rings. The van der Waals surface area contributed by atoms with Crippen molar-refractivity contribution in [2.45, 2.75) is 78.6 Å². The quantitative estimate of drug-likeness (QED) is 0.590. The number of hydrogen-bond acceptors (Lipinski definition) is 2. The van der Waals surface area contributed by atoms with E-state index in [4.69, 9.17) is 0 Å². The fourth-order valence-electron chi connectivity index (χ4n) is 8.37. The van der Waals surface area contributed by atoms with Crippen molar-refractivity contribution in [2.75, 3.05) is 0 Å². The van der Waals surface area contributed by atoms with E-state index < -0.39 is 0 Å². The Morgan fingerprint density at radius 2 is 1.54 bits per heavy atom. The summed E-state index contributed by atoms with van der Waals surface area (Å²) < 4.78 is 0. The van der Waals surface area contributed by atoms with Crippen molar-refractivity contribution in [2.24, 2.45) is 58.7 Å². The van der Waals surface area contributed by atoms with Crippen LogP contribution in [0.2, 0.25) is 0 Å². The summed E-state index contributed by atoms with van der Waals surface area (Å²) >= 11 is 0. The van der Waals surface area contributed by atoms with E-state index in [0.29, 0.717) is 46.6 Å². The zero-order valence-corrected chi connectivity index (χ0v) is 16.9. The third kappa shape index (κ3) is 2.42. The molecule has 144 valence electrons. The van der Waals surface area contributed by atoms with E-state index in [9.17, 15) is 9.59 Å². The molecule has 0 aromatic carbocycles. The predicted molar refractivity (Wildman–Crippen MR) is 102 cm³/mol. The normalized spacial score (nSPS) is 50.8. The molecule has 0 aliphatic heterocycles. The summed E-state index contributed by atoms with van der Waals surface area (Å²) in [6.45, 7) is 7.11. The molecule has 26 heavy (non-hydrogen) atoms. The number of rotatable bonds is 0. The fourth-order valence-corrected chi connectivity index (χ4v) is 8.37. The molecule has 0 heterocycles. The Labute approximate surface area is 158 Å². The molecule has 2 nitrogen and oxygen atoms in total. The highest BCUT2D eigenvalue weighted by molar-refractivity contribution is 5.92. The monoisotopic (exact) mass is 356 g/mol. The van der Waals surface area contributed by atoms with E-state index in [1.165, 1.54) is 44.9 Å². The zero-order chi connectivity index (χ0) is 18.2. The predicted octanol–water partition coefficient (Wildman–Crippen LogP) is 5.30. The van der Waals surface area contributed by atoms with Crippen molar-refractivity contribution in [1.82, 2.24) is 0 Å². The fraction of sp³-hybridized carbons (Fsp3) is 0.917. The van der Waals surface area contributed by atoms with Gasteiger partial charge in [0.2, 0.25) is 0 Å². The van der Waals surface area contributed by atoms with E-state index in [2.05, 4.69) is 20.8 Å². The molecule has 9 atom stereocenters. The van der Waals surface area contributed by atoms with Crippen molar-refractivity contribution < 1.29 is 9.59 Å². The molecule has 0 bridgehead atoms. The molecule has 2 heteroatoms. The first kappa shape index (κ1) is 17.4. The van der Waals surface area contributed by atoms with Gasteiger partial charge in [0.05, 0.1) is 0 Å². The van der Waals surface area contributed by atoms with Gasteiger partial charge in [-0.3, -0.25) is 9.59 Å². The van der Waals surface area contributed by atoms with Gasteiger partial charge >= 0.3 is 0 Å². The van der Waals surface area contributed by atoms with E-state index in [-0.39, 0.29) is 11.8 Å². The van der Waals surface area contributed by atoms with Crippen LogP contribution < -0.4 is 0 Å². The van der Waals surface area contributed by atoms with Crippen LogP contribution in [0.15, 0.2) is 0 Å². The average Bonchev–Trinajstić information content (AvgIpc) is 3.11. The Bertz CT molecular complexity index is 614. The van der Waals surface area contributed by atoms with Gasteiger partial charge in [0.25, 0.3) is 0 Å². The van der Waals surface area contributed by atoms with Crippen LogP contribution in [0.5, 0.6) is 0 Å². The van der Waals surface area contributed by atoms with Gasteiger partial charge in [-0.15, -0.1) is 0 Å². The Hall–Kier alpha value is -0.660. The van der Waals surface area contributed by atoms with Gasteiger partial charge in [0.15, 0.2) is 0 Å². The second-order valence-corrected chi connectivity index (χ2v) is 11.5. The molecular weight excluding hydrogens is 320 g/mol. The molecule has 5 rings (SSSR count). The van der Waals surface area contributed by atoms with Crippen LogP contribution in [0, 0.1) is 58.7 Å². The largest absolute Gasteiger partial charge is 0.299 e. The van der Waals surface area contributed by atoms with Crippen LogP contribution in [0.4, 0.5) is 0 Å². The van der Waals surface area contributed by atoms with Crippen LogP contribution in [0.3, 0.4) is 0 Å². The molecule has 0 saturated heterocycles. The van der Waals surface area contributed by atoms with Crippen LogP contribution in [0.1, 0.15) is 78.6 Å². The summed E-state index contributed by atoms with van der Waals surface area (Å²) in [5.41, 5.74) is 0.349. The standard InChI is InChI=1S/C24H36O2/c1-24(2,3)14-9-8-13-10-19-21(17(13)11-14)20(25)12-18-15-6-4-5-7-16(15)23(26)22(18)19/h13-19,21-22H,4-12H2,1-3H3. The van der Waals surface area contributed by atoms with Crippen LogP contribution >= 0.6 is 0 Å². The summed E-state index contributed by atoms with van der Waals surface area (Å²) in [5.74, 6) is 5.38. The van der Waals surface area contributed by atoms with Crippen LogP contribution in [-0.2, 0) is 9.59 Å². The zero-order valence-electron chi connectivity index (χ0n) is 16.9. The van der Waals surface area contributed by atoms with Gasteiger partial charge in [-0.1, -0.05) is 33.6 Å². The SMILES string of the molecule is CC(C)(C)C1CCC2CC3C(C(=O)CC4C5CCCCC5C(=O)C43)C2C1. The van der Waals surface area contributed by atoms with Gasteiger partial charge in [0, 0.05) is 24.2 Å². The number of carbonyl (C=O) groups is 2. The Morgan fingerprint density at radius 1 is 0.769 bits per heavy atom. The van der Waals surface area contributed by atoms with Crippen molar-refractivity contribution in [1.29, 1.82) is 0 Å². The highest BCUT2D eigenvalue weighted by Gasteiger charge is 2.62. The minimum absolute atomic E-state index is 0.232. The molecule has 0 amide bonds. The third-order valence-corrected chi connectivity index (χ3v) is 9.56. The topological polar surface area (TPSA) is 34.1 Å². The molecule has 0 N–H and O–H groups in total. The molecule has 5 fully saturated rings. The van der Waals surface area contributed by atoms with Crippen LogP contribution in [0.25, 0.3) is 0 Å².